The molecule has 1 saturated heterocycles. The zero-order chi connectivity index (χ0) is 21.7. The van der Waals surface area contributed by atoms with Crippen molar-refractivity contribution in [3.8, 4) is 0 Å². The number of piperazine rings is 1. The van der Waals surface area contributed by atoms with E-state index in [0.29, 0.717) is 49.3 Å². The van der Waals surface area contributed by atoms with Gasteiger partial charge in [0.05, 0.1) is 11.3 Å². The van der Waals surface area contributed by atoms with Crippen LogP contribution in [-0.4, -0.2) is 57.7 Å². The highest BCUT2D eigenvalue weighted by atomic mass is 32.2. The lowest BCUT2D eigenvalue weighted by molar-refractivity contribution is -0.137. The second-order valence-electron chi connectivity index (χ2n) is 6.85. The first-order valence-corrected chi connectivity index (χ1v) is 10.5. The highest BCUT2D eigenvalue weighted by Crippen LogP contribution is 2.29. The molecule has 7 nitrogen and oxygen atoms in total. The van der Waals surface area contributed by atoms with Crippen molar-refractivity contribution in [3.05, 3.63) is 46.0 Å². The van der Waals surface area contributed by atoms with Crippen LogP contribution in [-0.2, 0) is 17.4 Å². The summed E-state index contributed by atoms with van der Waals surface area (Å²) in [5.74, 6) is 0.527. The topological polar surface area (TPSA) is 82.2 Å². The third-order valence-electron chi connectivity index (χ3n) is 4.64. The van der Waals surface area contributed by atoms with Crippen LogP contribution < -0.4 is 10.5 Å². The number of carbonyl (C=O) groups is 1. The first kappa shape index (κ1) is 22.1. The number of thioether (sulfide) groups is 1. The fourth-order valence-electron chi connectivity index (χ4n) is 3.08. The van der Waals surface area contributed by atoms with Gasteiger partial charge >= 0.3 is 6.18 Å². The van der Waals surface area contributed by atoms with Crippen molar-refractivity contribution < 1.29 is 18.0 Å². The van der Waals surface area contributed by atoms with Gasteiger partial charge in [-0.05, 0) is 18.6 Å². The molecule has 1 N–H and O–H groups in total. The molecule has 0 unspecified atom stereocenters. The molecule has 0 aromatic carbocycles. The number of aryl methyl sites for hydroxylation is 1. The van der Waals surface area contributed by atoms with Gasteiger partial charge in [0, 0.05) is 44.1 Å². The van der Waals surface area contributed by atoms with Crippen molar-refractivity contribution in [1.29, 1.82) is 0 Å². The molecular weight excluding hydrogens is 419 g/mol. The van der Waals surface area contributed by atoms with Gasteiger partial charge in [-0.3, -0.25) is 9.59 Å². The number of hydrogen-bond acceptors (Lipinski definition) is 6. The van der Waals surface area contributed by atoms with Crippen LogP contribution in [0.15, 0.2) is 34.3 Å². The molecule has 0 atom stereocenters. The summed E-state index contributed by atoms with van der Waals surface area (Å²) < 4.78 is 38.0. The van der Waals surface area contributed by atoms with E-state index in [-0.39, 0.29) is 17.2 Å². The fraction of sp³-hybridized carbons (Fsp3) is 0.474. The molecule has 1 aliphatic heterocycles. The maximum Gasteiger partial charge on any atom is 0.417 e. The minimum absolute atomic E-state index is 0.0800. The summed E-state index contributed by atoms with van der Waals surface area (Å²) >= 11 is 1.19. The first-order chi connectivity index (χ1) is 14.3. The second-order valence-corrected chi connectivity index (χ2v) is 7.82. The number of H-pyrrole nitrogens is 1. The Labute approximate surface area is 175 Å². The molecule has 1 fully saturated rings. The van der Waals surface area contributed by atoms with Gasteiger partial charge in [0.2, 0.25) is 5.91 Å². The van der Waals surface area contributed by atoms with Crippen molar-refractivity contribution in [2.45, 2.75) is 31.1 Å². The predicted molar refractivity (Wildman–Crippen MR) is 108 cm³/mol. The Morgan fingerprint density at radius 1 is 1.23 bits per heavy atom. The second kappa shape index (κ2) is 9.50. The zero-order valence-electron chi connectivity index (χ0n) is 16.4. The lowest BCUT2D eigenvalue weighted by Gasteiger charge is -2.35. The average molecular weight is 441 g/mol. The number of pyridine rings is 1. The number of hydrogen-bond donors (Lipinski definition) is 1. The number of anilines is 1. The number of carbonyl (C=O) groups excluding carboxylic acids is 1. The van der Waals surface area contributed by atoms with Crippen LogP contribution in [0.3, 0.4) is 0 Å². The van der Waals surface area contributed by atoms with E-state index in [2.05, 4.69) is 15.0 Å². The standard InChI is InChI=1S/C19H22F3N5O2S/c1-2-3-14-10-16(28)25-18(24-14)30-12-17(29)27-8-6-26(7-9-27)15-5-4-13(11-23-15)19(20,21)22/h4-5,10-11H,2-3,6-9,12H2,1H3,(H,24,25,28). The number of aromatic amines is 1. The zero-order valence-corrected chi connectivity index (χ0v) is 17.2. The minimum atomic E-state index is -4.41. The fourth-order valence-corrected chi connectivity index (χ4v) is 3.88. The van der Waals surface area contributed by atoms with E-state index in [1.165, 1.54) is 23.9 Å². The summed E-state index contributed by atoms with van der Waals surface area (Å²) in [7, 11) is 0. The largest absolute Gasteiger partial charge is 0.417 e. The van der Waals surface area contributed by atoms with Crippen LogP contribution >= 0.6 is 11.8 Å². The van der Waals surface area contributed by atoms with Gasteiger partial charge in [-0.25, -0.2) is 9.97 Å². The predicted octanol–water partition coefficient (Wildman–Crippen LogP) is 2.58. The van der Waals surface area contributed by atoms with Crippen LogP contribution in [0, 0.1) is 0 Å². The molecule has 0 spiro atoms. The Bertz CT molecular complexity index is 925. The number of amides is 1. The maximum atomic E-state index is 12.7. The van der Waals surface area contributed by atoms with Crippen molar-refractivity contribution in [3.63, 3.8) is 0 Å². The monoisotopic (exact) mass is 441 g/mol. The van der Waals surface area contributed by atoms with Crippen LogP contribution in [0.4, 0.5) is 19.0 Å². The third kappa shape index (κ3) is 5.74. The molecule has 1 aliphatic rings. The van der Waals surface area contributed by atoms with E-state index < -0.39 is 11.7 Å². The number of nitrogens with zero attached hydrogens (tertiary/aromatic N) is 4. The number of alkyl halides is 3. The van der Waals surface area contributed by atoms with Gasteiger partial charge in [0.15, 0.2) is 5.16 Å². The molecule has 0 aliphatic carbocycles. The van der Waals surface area contributed by atoms with Crippen LogP contribution in [0.1, 0.15) is 24.6 Å². The molecule has 1 amide bonds. The SMILES string of the molecule is CCCc1cc(=O)[nH]c(SCC(=O)N2CCN(c3ccc(C(F)(F)F)cn3)CC2)n1. The highest BCUT2D eigenvalue weighted by Gasteiger charge is 2.31. The first-order valence-electron chi connectivity index (χ1n) is 9.55. The molecule has 3 heterocycles. The van der Waals surface area contributed by atoms with E-state index in [1.807, 2.05) is 11.8 Å². The lowest BCUT2D eigenvalue weighted by Crippen LogP contribution is -2.49. The van der Waals surface area contributed by atoms with Gasteiger partial charge in [-0.1, -0.05) is 25.1 Å². The van der Waals surface area contributed by atoms with Crippen molar-refractivity contribution in [1.82, 2.24) is 19.9 Å². The molecule has 11 heteroatoms. The molecule has 0 radical (unpaired) electrons. The highest BCUT2D eigenvalue weighted by molar-refractivity contribution is 7.99. The summed E-state index contributed by atoms with van der Waals surface area (Å²) in [5, 5.41) is 0.423. The molecule has 2 aromatic rings. The molecule has 0 saturated carbocycles. The third-order valence-corrected chi connectivity index (χ3v) is 5.50. The summed E-state index contributed by atoms with van der Waals surface area (Å²) in [4.78, 5) is 38.6. The summed E-state index contributed by atoms with van der Waals surface area (Å²) in [6, 6.07) is 3.82. The quantitative estimate of drug-likeness (QED) is 0.548. The molecule has 162 valence electrons. The van der Waals surface area contributed by atoms with Crippen LogP contribution in [0.25, 0.3) is 0 Å². The minimum Gasteiger partial charge on any atom is -0.353 e. The van der Waals surface area contributed by atoms with Crippen molar-refractivity contribution >= 4 is 23.5 Å². The van der Waals surface area contributed by atoms with Crippen molar-refractivity contribution in [2.24, 2.45) is 0 Å². The summed E-state index contributed by atoms with van der Waals surface area (Å²) in [6.07, 6.45) is -2.02. The van der Waals surface area contributed by atoms with E-state index in [0.717, 1.165) is 18.7 Å². The molecule has 2 aromatic heterocycles. The van der Waals surface area contributed by atoms with Crippen LogP contribution in [0.5, 0.6) is 0 Å². The number of halogens is 3. The number of aromatic nitrogens is 3. The maximum absolute atomic E-state index is 12.7. The smallest absolute Gasteiger partial charge is 0.353 e. The lowest BCUT2D eigenvalue weighted by atomic mass is 10.2. The molecular formula is C19H22F3N5O2S. The molecule has 0 bridgehead atoms. The van der Waals surface area contributed by atoms with Gasteiger partial charge in [-0.2, -0.15) is 13.2 Å². The van der Waals surface area contributed by atoms with E-state index in [4.69, 9.17) is 0 Å². The Morgan fingerprint density at radius 3 is 2.57 bits per heavy atom. The van der Waals surface area contributed by atoms with Gasteiger partial charge in [0.1, 0.15) is 5.82 Å². The molecule has 3 rings (SSSR count). The Balaban J connectivity index is 1.51. The van der Waals surface area contributed by atoms with E-state index in [1.54, 1.807) is 4.90 Å². The van der Waals surface area contributed by atoms with Crippen molar-refractivity contribution in [2.75, 3.05) is 36.8 Å². The van der Waals surface area contributed by atoms with Gasteiger partial charge < -0.3 is 14.8 Å². The normalized spacial score (nSPS) is 14.8. The van der Waals surface area contributed by atoms with Gasteiger partial charge in [-0.15, -0.1) is 0 Å². The Hall–Kier alpha value is -2.56. The number of rotatable bonds is 6. The Kier molecular flexibility index (Phi) is 7.01. The number of nitrogens with one attached hydrogen (secondary N) is 1. The average Bonchev–Trinajstić information content (AvgIpc) is 2.71. The van der Waals surface area contributed by atoms with Gasteiger partial charge in [0.25, 0.3) is 5.56 Å². The van der Waals surface area contributed by atoms with Crippen LogP contribution in [0.2, 0.25) is 0 Å². The summed E-state index contributed by atoms with van der Waals surface area (Å²) in [5.41, 5.74) is -0.318. The van der Waals surface area contributed by atoms with E-state index in [9.17, 15) is 22.8 Å². The molecule has 30 heavy (non-hydrogen) atoms. The van der Waals surface area contributed by atoms with E-state index >= 15 is 0 Å². The summed E-state index contributed by atoms with van der Waals surface area (Å²) in [6.45, 7) is 3.86. The Morgan fingerprint density at radius 2 is 1.97 bits per heavy atom.